The van der Waals surface area contributed by atoms with E-state index < -0.39 is 17.8 Å². The standard InChI is InChI=1S/C16H20FN5O4S/c1-10(7-25-2)22-13(8-26-12-6-4-3-5-11(12)17)20-21-16(22)27-9-14(23)19-15(18)24/h3-6,10H,7-9H2,1-2H3,(H3,18,19,23,24)/t10-/m0/s1. The molecule has 0 spiro atoms. The van der Waals surface area contributed by atoms with Crippen LogP contribution < -0.4 is 15.8 Å². The summed E-state index contributed by atoms with van der Waals surface area (Å²) in [5.41, 5.74) is 4.91. The number of urea groups is 1. The molecule has 0 aliphatic carbocycles. The van der Waals surface area contributed by atoms with Crippen LogP contribution in [0.4, 0.5) is 9.18 Å². The van der Waals surface area contributed by atoms with Crippen LogP contribution in [0.5, 0.6) is 5.75 Å². The highest BCUT2D eigenvalue weighted by Gasteiger charge is 2.20. The van der Waals surface area contributed by atoms with Gasteiger partial charge in [-0.05, 0) is 19.1 Å². The van der Waals surface area contributed by atoms with Crippen LogP contribution in [0.25, 0.3) is 0 Å². The van der Waals surface area contributed by atoms with Gasteiger partial charge in [-0.2, -0.15) is 0 Å². The first-order valence-electron chi connectivity index (χ1n) is 7.94. The third-order valence-electron chi connectivity index (χ3n) is 3.37. The molecule has 11 heteroatoms. The van der Waals surface area contributed by atoms with Crippen molar-refractivity contribution >= 4 is 23.7 Å². The van der Waals surface area contributed by atoms with Crippen molar-refractivity contribution in [1.29, 1.82) is 0 Å². The minimum atomic E-state index is -0.922. The molecule has 0 aliphatic rings. The predicted molar refractivity (Wildman–Crippen MR) is 95.8 cm³/mol. The molecule has 2 aromatic rings. The molecule has 2 rings (SSSR count). The Labute approximate surface area is 159 Å². The molecule has 1 aromatic heterocycles. The summed E-state index contributed by atoms with van der Waals surface area (Å²) in [7, 11) is 1.56. The second-order valence-corrected chi connectivity index (χ2v) is 6.44. The molecule has 0 saturated heterocycles. The number of thioether (sulfide) groups is 1. The van der Waals surface area contributed by atoms with Gasteiger partial charge in [0, 0.05) is 7.11 Å². The Morgan fingerprint density at radius 3 is 2.78 bits per heavy atom. The van der Waals surface area contributed by atoms with Gasteiger partial charge in [-0.1, -0.05) is 23.9 Å². The molecule has 3 amide bonds. The van der Waals surface area contributed by atoms with Gasteiger partial charge in [0.2, 0.25) is 5.91 Å². The molecule has 1 heterocycles. The van der Waals surface area contributed by atoms with Gasteiger partial charge in [0.05, 0.1) is 18.4 Å². The van der Waals surface area contributed by atoms with Crippen molar-refractivity contribution in [2.45, 2.75) is 24.7 Å². The SMILES string of the molecule is COC[C@H](C)n1c(COc2ccccc2F)nnc1SCC(=O)NC(N)=O. The number of para-hydroxylation sites is 1. The van der Waals surface area contributed by atoms with Crippen LogP contribution in [0.2, 0.25) is 0 Å². The van der Waals surface area contributed by atoms with Gasteiger partial charge in [0.25, 0.3) is 0 Å². The summed E-state index contributed by atoms with van der Waals surface area (Å²) < 4.78 is 26.1. The van der Waals surface area contributed by atoms with Gasteiger partial charge in [-0.25, -0.2) is 9.18 Å². The molecule has 27 heavy (non-hydrogen) atoms. The highest BCUT2D eigenvalue weighted by Crippen LogP contribution is 2.23. The Hall–Kier alpha value is -2.66. The quantitative estimate of drug-likeness (QED) is 0.615. The highest BCUT2D eigenvalue weighted by molar-refractivity contribution is 7.99. The zero-order chi connectivity index (χ0) is 19.8. The molecule has 9 nitrogen and oxygen atoms in total. The van der Waals surface area contributed by atoms with Gasteiger partial charge < -0.3 is 15.2 Å². The maximum absolute atomic E-state index is 13.7. The average molecular weight is 397 g/mol. The normalized spacial score (nSPS) is 11.8. The molecule has 0 bridgehead atoms. The second-order valence-electron chi connectivity index (χ2n) is 5.49. The van der Waals surface area contributed by atoms with E-state index in [2.05, 4.69) is 10.2 Å². The highest BCUT2D eigenvalue weighted by atomic mass is 32.2. The number of nitrogens with two attached hydrogens (primary N) is 1. The molecule has 0 unspecified atom stereocenters. The number of carbonyl (C=O) groups excluding carboxylic acids is 2. The largest absolute Gasteiger partial charge is 0.483 e. The number of nitrogens with zero attached hydrogens (tertiary/aromatic N) is 3. The van der Waals surface area contributed by atoms with Crippen molar-refractivity contribution in [1.82, 2.24) is 20.1 Å². The molecular weight excluding hydrogens is 377 g/mol. The lowest BCUT2D eigenvalue weighted by molar-refractivity contribution is -0.117. The average Bonchev–Trinajstić information content (AvgIpc) is 3.02. The minimum absolute atomic E-state index is 0.0178. The maximum atomic E-state index is 13.7. The van der Waals surface area contributed by atoms with Gasteiger partial charge >= 0.3 is 6.03 Å². The zero-order valence-electron chi connectivity index (χ0n) is 14.8. The molecule has 0 radical (unpaired) electrons. The smallest absolute Gasteiger partial charge is 0.318 e. The fourth-order valence-corrected chi connectivity index (χ4v) is 3.13. The third kappa shape index (κ3) is 5.93. The summed E-state index contributed by atoms with van der Waals surface area (Å²) in [4.78, 5) is 22.3. The van der Waals surface area contributed by atoms with E-state index in [0.717, 1.165) is 11.8 Å². The van der Waals surface area contributed by atoms with Crippen molar-refractivity contribution < 1.29 is 23.5 Å². The molecule has 1 atom stereocenters. The van der Waals surface area contributed by atoms with E-state index >= 15 is 0 Å². The lowest BCUT2D eigenvalue weighted by Gasteiger charge is -2.17. The van der Waals surface area contributed by atoms with Crippen molar-refractivity contribution in [3.05, 3.63) is 35.9 Å². The molecule has 0 aliphatic heterocycles. The van der Waals surface area contributed by atoms with Crippen LogP contribution in [-0.4, -0.2) is 46.2 Å². The molecule has 0 fully saturated rings. The molecular formula is C16H20FN5O4S. The molecule has 0 saturated carbocycles. The van der Waals surface area contributed by atoms with E-state index in [1.165, 1.54) is 12.1 Å². The number of rotatable bonds is 9. The Balaban J connectivity index is 2.14. The first kappa shape index (κ1) is 20.6. The second kappa shape index (κ2) is 9.88. The summed E-state index contributed by atoms with van der Waals surface area (Å²) >= 11 is 1.08. The van der Waals surface area contributed by atoms with Crippen molar-refractivity contribution in [2.75, 3.05) is 19.5 Å². The number of aromatic nitrogens is 3. The number of halogens is 1. The Kier molecular flexibility index (Phi) is 7.55. The summed E-state index contributed by atoms with van der Waals surface area (Å²) in [5, 5.41) is 10.5. The van der Waals surface area contributed by atoms with Crippen LogP contribution in [0, 0.1) is 5.82 Å². The predicted octanol–water partition coefficient (Wildman–Crippen LogP) is 1.49. The van der Waals surface area contributed by atoms with Crippen molar-refractivity contribution in [3.8, 4) is 5.75 Å². The lowest BCUT2D eigenvalue weighted by atomic mass is 10.3. The first-order valence-corrected chi connectivity index (χ1v) is 8.93. The van der Waals surface area contributed by atoms with Crippen LogP contribution >= 0.6 is 11.8 Å². The Morgan fingerprint density at radius 2 is 2.11 bits per heavy atom. The summed E-state index contributed by atoms with van der Waals surface area (Å²) in [6.07, 6.45) is 0. The zero-order valence-corrected chi connectivity index (χ0v) is 15.7. The topological polar surface area (TPSA) is 121 Å². The number of ether oxygens (including phenoxy) is 2. The van der Waals surface area contributed by atoms with Crippen LogP contribution in [-0.2, 0) is 16.1 Å². The van der Waals surface area contributed by atoms with Crippen LogP contribution in [0.1, 0.15) is 18.8 Å². The summed E-state index contributed by atoms with van der Waals surface area (Å²) in [6.45, 7) is 2.23. The van der Waals surface area contributed by atoms with E-state index in [9.17, 15) is 14.0 Å². The third-order valence-corrected chi connectivity index (χ3v) is 4.32. The number of benzene rings is 1. The Bertz CT molecular complexity index is 801. The number of carbonyl (C=O) groups is 2. The number of hydrogen-bond donors (Lipinski definition) is 2. The fourth-order valence-electron chi connectivity index (χ4n) is 2.27. The monoisotopic (exact) mass is 397 g/mol. The molecule has 3 N–H and O–H groups in total. The molecule has 146 valence electrons. The van der Waals surface area contributed by atoms with Gasteiger partial charge in [0.1, 0.15) is 6.61 Å². The number of nitrogens with one attached hydrogen (secondary N) is 1. The van der Waals surface area contributed by atoms with Gasteiger partial charge in [0.15, 0.2) is 22.5 Å². The number of hydrogen-bond acceptors (Lipinski definition) is 7. The van der Waals surface area contributed by atoms with E-state index in [4.69, 9.17) is 15.2 Å². The van der Waals surface area contributed by atoms with Crippen LogP contribution in [0.3, 0.4) is 0 Å². The van der Waals surface area contributed by atoms with E-state index in [-0.39, 0.29) is 24.2 Å². The van der Waals surface area contributed by atoms with E-state index in [1.807, 2.05) is 12.2 Å². The Morgan fingerprint density at radius 1 is 1.37 bits per heavy atom. The van der Waals surface area contributed by atoms with Crippen LogP contribution in [0.15, 0.2) is 29.4 Å². The molecule has 1 aromatic carbocycles. The number of amides is 3. The van der Waals surface area contributed by atoms with Crippen molar-refractivity contribution in [3.63, 3.8) is 0 Å². The van der Waals surface area contributed by atoms with E-state index in [1.54, 1.807) is 23.8 Å². The lowest BCUT2D eigenvalue weighted by Crippen LogP contribution is -2.36. The number of primary amides is 1. The number of imide groups is 1. The minimum Gasteiger partial charge on any atom is -0.483 e. The first-order chi connectivity index (χ1) is 12.9. The summed E-state index contributed by atoms with van der Waals surface area (Å²) in [5.74, 6) is -0.562. The summed E-state index contributed by atoms with van der Waals surface area (Å²) in [6, 6.07) is 4.96. The van der Waals surface area contributed by atoms with Crippen molar-refractivity contribution in [2.24, 2.45) is 5.73 Å². The maximum Gasteiger partial charge on any atom is 0.318 e. The fraction of sp³-hybridized carbons (Fsp3) is 0.375. The van der Waals surface area contributed by atoms with Gasteiger partial charge in [-0.3, -0.25) is 14.7 Å². The van der Waals surface area contributed by atoms with E-state index in [0.29, 0.717) is 17.6 Å². The number of methoxy groups -OCH3 is 1. The van der Waals surface area contributed by atoms with Gasteiger partial charge in [-0.15, -0.1) is 10.2 Å².